The van der Waals surface area contributed by atoms with Crippen LogP contribution in [0.4, 0.5) is 4.79 Å². The van der Waals surface area contributed by atoms with E-state index < -0.39 is 5.60 Å². The normalized spacial score (nSPS) is 15.0. The third-order valence-electron chi connectivity index (χ3n) is 4.71. The minimum absolute atomic E-state index is 0.0812. The third-order valence-corrected chi connectivity index (χ3v) is 5.43. The van der Waals surface area contributed by atoms with E-state index in [0.29, 0.717) is 6.54 Å². The van der Waals surface area contributed by atoms with E-state index in [1.54, 1.807) is 14.2 Å². The third kappa shape index (κ3) is 8.93. The number of benzene rings is 1. The van der Waals surface area contributed by atoms with Crippen molar-refractivity contribution in [2.24, 2.45) is 0 Å². The van der Waals surface area contributed by atoms with Crippen LogP contribution < -0.4 is 5.32 Å². The molecule has 1 aromatic carbocycles. The van der Waals surface area contributed by atoms with E-state index in [-0.39, 0.29) is 24.2 Å². The minimum atomic E-state index is -0.479. The Balaban J connectivity index is 2.77. The number of rotatable bonds is 11. The van der Waals surface area contributed by atoms with Crippen LogP contribution in [0.5, 0.6) is 0 Å². The summed E-state index contributed by atoms with van der Waals surface area (Å²) in [5.41, 5.74) is 2.09. The molecule has 0 bridgehead atoms. The quantitative estimate of drug-likeness (QED) is 0.372. The van der Waals surface area contributed by atoms with E-state index >= 15 is 0 Å². The molecule has 5 nitrogen and oxygen atoms in total. The smallest absolute Gasteiger partial charge is 0.407 e. The molecule has 6 heteroatoms. The Hall–Kier alpha value is -1.11. The Morgan fingerprint density at radius 2 is 1.86 bits per heavy atom. The standard InChI is InChI=1S/C22H36BrNO4/c1-16(26-5)20(14-18(15-23)27-6)19-12-8-7-10-17(19)11-9-13-24-21(25)28-22(2,3)4/h7-8,10,12,16,18,20H,9,11,13-15H2,1-6H3,(H,24,25). The highest BCUT2D eigenvalue weighted by Crippen LogP contribution is 2.31. The Morgan fingerprint density at radius 1 is 1.18 bits per heavy atom. The van der Waals surface area contributed by atoms with Gasteiger partial charge in [0.15, 0.2) is 0 Å². The van der Waals surface area contributed by atoms with Crippen LogP contribution in [0.15, 0.2) is 24.3 Å². The summed E-state index contributed by atoms with van der Waals surface area (Å²) in [6, 6.07) is 8.47. The summed E-state index contributed by atoms with van der Waals surface area (Å²) < 4.78 is 16.5. The van der Waals surface area contributed by atoms with Crippen molar-refractivity contribution in [3.05, 3.63) is 35.4 Å². The molecule has 1 rings (SSSR count). The average molecular weight is 458 g/mol. The molecule has 28 heavy (non-hydrogen) atoms. The van der Waals surface area contributed by atoms with Crippen molar-refractivity contribution in [1.29, 1.82) is 0 Å². The zero-order valence-corrected chi connectivity index (χ0v) is 19.7. The lowest BCUT2D eigenvalue weighted by molar-refractivity contribution is 0.0527. The van der Waals surface area contributed by atoms with Crippen LogP contribution >= 0.6 is 15.9 Å². The molecule has 0 aliphatic rings. The maximum atomic E-state index is 11.8. The van der Waals surface area contributed by atoms with Crippen molar-refractivity contribution in [3.8, 4) is 0 Å². The van der Waals surface area contributed by atoms with Gasteiger partial charge < -0.3 is 19.5 Å². The van der Waals surface area contributed by atoms with Gasteiger partial charge in [-0.3, -0.25) is 0 Å². The molecule has 0 heterocycles. The van der Waals surface area contributed by atoms with Crippen LogP contribution in [0, 0.1) is 0 Å². The van der Waals surface area contributed by atoms with Gasteiger partial charge in [0, 0.05) is 32.0 Å². The number of nitrogens with one attached hydrogen (secondary N) is 1. The Morgan fingerprint density at radius 3 is 2.43 bits per heavy atom. The minimum Gasteiger partial charge on any atom is -0.444 e. The second-order valence-electron chi connectivity index (χ2n) is 8.03. The van der Waals surface area contributed by atoms with Gasteiger partial charge in [-0.25, -0.2) is 4.79 Å². The molecule has 0 saturated carbocycles. The summed E-state index contributed by atoms with van der Waals surface area (Å²) in [5, 5.41) is 3.62. The van der Waals surface area contributed by atoms with Crippen molar-refractivity contribution < 1.29 is 19.0 Å². The van der Waals surface area contributed by atoms with Crippen LogP contribution in [0.25, 0.3) is 0 Å². The predicted molar refractivity (Wildman–Crippen MR) is 117 cm³/mol. The largest absolute Gasteiger partial charge is 0.444 e. The summed E-state index contributed by atoms with van der Waals surface area (Å²) in [6.07, 6.45) is 2.44. The van der Waals surface area contributed by atoms with E-state index in [0.717, 1.165) is 24.6 Å². The molecule has 1 aromatic rings. The number of carbonyl (C=O) groups is 1. The molecule has 0 spiro atoms. The van der Waals surface area contributed by atoms with Crippen molar-refractivity contribution in [3.63, 3.8) is 0 Å². The highest BCUT2D eigenvalue weighted by molar-refractivity contribution is 9.09. The van der Waals surface area contributed by atoms with E-state index in [9.17, 15) is 4.79 Å². The first-order valence-corrected chi connectivity index (χ1v) is 11.0. The lowest BCUT2D eigenvalue weighted by Gasteiger charge is -2.28. The van der Waals surface area contributed by atoms with E-state index in [4.69, 9.17) is 14.2 Å². The fourth-order valence-corrected chi connectivity index (χ4v) is 3.68. The second kappa shape index (κ2) is 12.5. The van der Waals surface area contributed by atoms with Gasteiger partial charge in [-0.2, -0.15) is 0 Å². The number of hydrogen-bond acceptors (Lipinski definition) is 4. The first-order valence-electron chi connectivity index (χ1n) is 9.88. The SMILES string of the molecule is COC(CBr)CC(c1ccccc1CCCNC(=O)OC(C)(C)C)C(C)OC. The number of carbonyl (C=O) groups excluding carboxylic acids is 1. The second-order valence-corrected chi connectivity index (χ2v) is 8.67. The highest BCUT2D eigenvalue weighted by atomic mass is 79.9. The monoisotopic (exact) mass is 457 g/mol. The summed E-state index contributed by atoms with van der Waals surface area (Å²) in [5.74, 6) is 0.238. The van der Waals surface area contributed by atoms with Gasteiger partial charge in [-0.05, 0) is 58.1 Å². The number of methoxy groups -OCH3 is 2. The van der Waals surface area contributed by atoms with E-state index in [2.05, 4.69) is 52.4 Å². The fourth-order valence-electron chi connectivity index (χ4n) is 3.15. The van der Waals surface area contributed by atoms with Gasteiger partial charge in [-0.1, -0.05) is 40.2 Å². The molecule has 3 atom stereocenters. The molecule has 1 amide bonds. The van der Waals surface area contributed by atoms with E-state index in [1.807, 2.05) is 20.8 Å². The number of aryl methyl sites for hydroxylation is 1. The van der Waals surface area contributed by atoms with Crippen molar-refractivity contribution in [1.82, 2.24) is 5.32 Å². The summed E-state index contributed by atoms with van der Waals surface area (Å²) >= 11 is 3.53. The Kier molecular flexibility index (Phi) is 11.1. The highest BCUT2D eigenvalue weighted by Gasteiger charge is 2.25. The van der Waals surface area contributed by atoms with Crippen LogP contribution in [-0.4, -0.2) is 50.0 Å². The molecule has 0 aromatic heterocycles. The van der Waals surface area contributed by atoms with Gasteiger partial charge in [0.2, 0.25) is 0 Å². The molecule has 3 unspecified atom stereocenters. The molecule has 1 N–H and O–H groups in total. The molecule has 160 valence electrons. The number of alkyl carbamates (subject to hydrolysis) is 1. The molecule has 0 radical (unpaired) electrons. The topological polar surface area (TPSA) is 56.8 Å². The number of amides is 1. The van der Waals surface area contributed by atoms with Crippen LogP contribution in [-0.2, 0) is 20.6 Å². The zero-order valence-electron chi connectivity index (χ0n) is 18.1. The van der Waals surface area contributed by atoms with Gasteiger partial charge >= 0.3 is 6.09 Å². The molecule has 0 fully saturated rings. The molecule has 0 aliphatic carbocycles. The van der Waals surface area contributed by atoms with Crippen LogP contribution in [0.1, 0.15) is 57.6 Å². The van der Waals surface area contributed by atoms with Crippen molar-refractivity contribution >= 4 is 22.0 Å². The maximum absolute atomic E-state index is 11.8. The Bertz CT molecular complexity index is 584. The molecular formula is C22H36BrNO4. The number of ether oxygens (including phenoxy) is 3. The summed E-state index contributed by atoms with van der Waals surface area (Å²) in [6.45, 7) is 8.27. The van der Waals surface area contributed by atoms with E-state index in [1.165, 1.54) is 11.1 Å². The fraction of sp³-hybridized carbons (Fsp3) is 0.682. The number of hydrogen-bond donors (Lipinski definition) is 1. The van der Waals surface area contributed by atoms with Gasteiger partial charge in [0.1, 0.15) is 5.60 Å². The predicted octanol–water partition coefficient (Wildman–Crippen LogP) is 5.06. The average Bonchev–Trinajstić information content (AvgIpc) is 2.65. The van der Waals surface area contributed by atoms with Crippen LogP contribution in [0.3, 0.4) is 0 Å². The van der Waals surface area contributed by atoms with Gasteiger partial charge in [0.25, 0.3) is 0 Å². The number of alkyl halides is 1. The van der Waals surface area contributed by atoms with Crippen LogP contribution in [0.2, 0.25) is 0 Å². The number of halogens is 1. The summed E-state index contributed by atoms with van der Waals surface area (Å²) in [7, 11) is 3.50. The van der Waals surface area contributed by atoms with Gasteiger partial charge in [0.05, 0.1) is 12.2 Å². The van der Waals surface area contributed by atoms with Crippen molar-refractivity contribution in [2.45, 2.75) is 70.7 Å². The summed E-state index contributed by atoms with van der Waals surface area (Å²) in [4.78, 5) is 11.8. The molecule has 0 saturated heterocycles. The molecular weight excluding hydrogens is 422 g/mol. The first kappa shape index (κ1) is 24.9. The zero-order chi connectivity index (χ0) is 21.2. The lowest BCUT2D eigenvalue weighted by Crippen LogP contribution is -2.33. The molecule has 0 aliphatic heterocycles. The lowest BCUT2D eigenvalue weighted by atomic mass is 9.85. The van der Waals surface area contributed by atoms with Gasteiger partial charge in [-0.15, -0.1) is 0 Å². The first-order chi connectivity index (χ1) is 13.2. The Labute approximate surface area is 178 Å². The van der Waals surface area contributed by atoms with Crippen molar-refractivity contribution in [2.75, 3.05) is 26.1 Å². The maximum Gasteiger partial charge on any atom is 0.407 e.